The van der Waals surface area contributed by atoms with E-state index in [1.54, 1.807) is 0 Å². The van der Waals surface area contributed by atoms with Gasteiger partial charge in [0.2, 0.25) is 5.91 Å². The Balaban J connectivity index is 3.68. The molecule has 0 radical (unpaired) electrons. The van der Waals surface area contributed by atoms with Gasteiger partial charge in [-0.3, -0.25) is 4.79 Å². The van der Waals surface area contributed by atoms with E-state index in [4.69, 9.17) is 5.11 Å². The van der Waals surface area contributed by atoms with E-state index >= 15 is 0 Å². The largest absolute Gasteiger partial charge is 0.405 e. The predicted octanol–water partition coefficient (Wildman–Crippen LogP) is 1.05. The van der Waals surface area contributed by atoms with Crippen LogP contribution in [0.25, 0.3) is 0 Å². The Labute approximate surface area is 105 Å². The number of hydrogen-bond donors (Lipinski definition) is 3. The topological polar surface area (TPSA) is 61.4 Å². The molecule has 2 atom stereocenters. The molecule has 1 amide bonds. The molecule has 0 fully saturated rings. The molecule has 0 aromatic heterocycles. The summed E-state index contributed by atoms with van der Waals surface area (Å²) >= 11 is 0. The summed E-state index contributed by atoms with van der Waals surface area (Å²) in [5, 5.41) is 13.4. The maximum absolute atomic E-state index is 11.9. The summed E-state index contributed by atoms with van der Waals surface area (Å²) in [7, 11) is 0. The van der Waals surface area contributed by atoms with Crippen LogP contribution in [0.1, 0.15) is 26.7 Å². The molecule has 0 rings (SSSR count). The minimum atomic E-state index is -4.38. The quantitative estimate of drug-likeness (QED) is 0.578. The number of aliphatic hydroxyl groups is 1. The van der Waals surface area contributed by atoms with Gasteiger partial charge in [0.15, 0.2) is 0 Å². The van der Waals surface area contributed by atoms with Crippen LogP contribution in [0, 0.1) is 5.92 Å². The fourth-order valence-electron chi connectivity index (χ4n) is 1.29. The molecular formula is C11H21F3N2O2. The van der Waals surface area contributed by atoms with Gasteiger partial charge in [-0.2, -0.15) is 13.2 Å². The maximum Gasteiger partial charge on any atom is 0.405 e. The van der Waals surface area contributed by atoms with Crippen molar-refractivity contribution in [2.45, 2.75) is 38.9 Å². The highest BCUT2D eigenvalue weighted by molar-refractivity contribution is 5.81. The number of aliphatic hydroxyl groups excluding tert-OH is 1. The molecule has 0 aromatic rings. The van der Waals surface area contributed by atoms with Gasteiger partial charge in [0.25, 0.3) is 0 Å². The molecule has 0 aliphatic carbocycles. The Kier molecular flexibility index (Phi) is 7.93. The van der Waals surface area contributed by atoms with Crippen LogP contribution in [-0.2, 0) is 4.79 Å². The Morgan fingerprint density at radius 3 is 2.44 bits per heavy atom. The summed E-state index contributed by atoms with van der Waals surface area (Å²) in [6.07, 6.45) is -2.81. The van der Waals surface area contributed by atoms with Crippen molar-refractivity contribution in [1.82, 2.24) is 10.6 Å². The van der Waals surface area contributed by atoms with Gasteiger partial charge in [-0.05, 0) is 32.2 Å². The Bertz CT molecular complexity index is 247. The van der Waals surface area contributed by atoms with Crippen molar-refractivity contribution in [3.63, 3.8) is 0 Å². The summed E-state index contributed by atoms with van der Waals surface area (Å²) in [6.45, 7) is 2.76. The van der Waals surface area contributed by atoms with Gasteiger partial charge >= 0.3 is 6.18 Å². The first-order valence-corrected chi connectivity index (χ1v) is 5.95. The summed E-state index contributed by atoms with van der Waals surface area (Å²) in [5.74, 6) is -0.469. The van der Waals surface area contributed by atoms with Gasteiger partial charge in [0, 0.05) is 6.61 Å². The van der Waals surface area contributed by atoms with Crippen LogP contribution in [0.2, 0.25) is 0 Å². The number of hydrogen-bond acceptors (Lipinski definition) is 3. The smallest absolute Gasteiger partial charge is 0.396 e. The fraction of sp³-hybridized carbons (Fsp3) is 0.909. The molecule has 7 heteroatoms. The zero-order chi connectivity index (χ0) is 14.2. The monoisotopic (exact) mass is 270 g/mol. The van der Waals surface area contributed by atoms with Crippen LogP contribution in [-0.4, -0.2) is 42.9 Å². The van der Waals surface area contributed by atoms with Gasteiger partial charge in [0.1, 0.15) is 6.54 Å². The highest BCUT2D eigenvalue weighted by Gasteiger charge is 2.28. The maximum atomic E-state index is 11.9. The standard InChI is InChI=1S/C11H21F3N2O2/c1-8(6-17)4-3-5-15-9(2)10(18)16-7-11(12,13)14/h8-9,15,17H,3-7H2,1-2H3,(H,16,18). The molecule has 0 saturated carbocycles. The van der Waals surface area contributed by atoms with E-state index in [0.717, 1.165) is 12.8 Å². The minimum absolute atomic E-state index is 0.113. The Hall–Kier alpha value is -0.820. The first-order chi connectivity index (χ1) is 8.26. The van der Waals surface area contributed by atoms with E-state index in [2.05, 4.69) is 5.32 Å². The lowest BCUT2D eigenvalue weighted by atomic mass is 10.1. The molecule has 2 unspecified atom stereocenters. The molecule has 0 bridgehead atoms. The number of carbonyl (C=O) groups is 1. The summed E-state index contributed by atoms with van der Waals surface area (Å²) < 4.78 is 35.6. The lowest BCUT2D eigenvalue weighted by molar-refractivity contribution is -0.139. The van der Waals surface area contributed by atoms with E-state index in [1.165, 1.54) is 6.92 Å². The average Bonchev–Trinajstić information content (AvgIpc) is 2.29. The van der Waals surface area contributed by atoms with E-state index < -0.39 is 24.7 Å². The van der Waals surface area contributed by atoms with Gasteiger partial charge in [-0.15, -0.1) is 0 Å². The van der Waals surface area contributed by atoms with Crippen molar-refractivity contribution in [2.75, 3.05) is 19.7 Å². The molecule has 0 saturated heterocycles. The van der Waals surface area contributed by atoms with Gasteiger partial charge in [0.05, 0.1) is 6.04 Å². The third kappa shape index (κ3) is 9.23. The van der Waals surface area contributed by atoms with Crippen LogP contribution in [0.4, 0.5) is 13.2 Å². The van der Waals surface area contributed by atoms with Crippen molar-refractivity contribution in [2.24, 2.45) is 5.92 Å². The summed E-state index contributed by atoms with van der Waals surface area (Å²) in [5.41, 5.74) is 0. The Morgan fingerprint density at radius 2 is 1.94 bits per heavy atom. The second-order valence-electron chi connectivity index (χ2n) is 4.44. The molecule has 3 N–H and O–H groups in total. The number of amides is 1. The number of alkyl halides is 3. The lowest BCUT2D eigenvalue weighted by Crippen LogP contribution is -2.45. The van der Waals surface area contributed by atoms with Crippen molar-refractivity contribution >= 4 is 5.91 Å². The van der Waals surface area contributed by atoms with E-state index in [9.17, 15) is 18.0 Å². The molecule has 0 heterocycles. The SMILES string of the molecule is CC(CO)CCCNC(C)C(=O)NCC(F)(F)F. The zero-order valence-electron chi connectivity index (χ0n) is 10.7. The second-order valence-corrected chi connectivity index (χ2v) is 4.44. The number of nitrogens with one attached hydrogen (secondary N) is 2. The van der Waals surface area contributed by atoms with Crippen molar-refractivity contribution < 1.29 is 23.1 Å². The minimum Gasteiger partial charge on any atom is -0.396 e. The van der Waals surface area contributed by atoms with Crippen molar-refractivity contribution in [1.29, 1.82) is 0 Å². The predicted molar refractivity (Wildman–Crippen MR) is 62.0 cm³/mol. The molecule has 0 spiro atoms. The molecule has 18 heavy (non-hydrogen) atoms. The van der Waals surface area contributed by atoms with Gasteiger partial charge < -0.3 is 15.7 Å². The summed E-state index contributed by atoms with van der Waals surface area (Å²) in [6, 6.07) is -0.656. The van der Waals surface area contributed by atoms with Gasteiger partial charge in [-0.25, -0.2) is 0 Å². The van der Waals surface area contributed by atoms with E-state index in [-0.39, 0.29) is 12.5 Å². The second kappa shape index (κ2) is 8.31. The number of carbonyl (C=O) groups excluding carboxylic acids is 1. The summed E-state index contributed by atoms with van der Waals surface area (Å²) in [4.78, 5) is 11.3. The fourth-order valence-corrected chi connectivity index (χ4v) is 1.29. The van der Waals surface area contributed by atoms with Crippen LogP contribution in [0.15, 0.2) is 0 Å². The van der Waals surface area contributed by atoms with Gasteiger partial charge in [-0.1, -0.05) is 6.92 Å². The molecule has 0 aromatic carbocycles. The van der Waals surface area contributed by atoms with E-state index in [0.29, 0.717) is 6.54 Å². The lowest BCUT2D eigenvalue weighted by Gasteiger charge is -2.15. The van der Waals surface area contributed by atoms with Crippen molar-refractivity contribution in [3.8, 4) is 0 Å². The zero-order valence-corrected chi connectivity index (χ0v) is 10.7. The molecule has 0 aliphatic rings. The average molecular weight is 270 g/mol. The first-order valence-electron chi connectivity index (χ1n) is 5.95. The Morgan fingerprint density at radius 1 is 1.33 bits per heavy atom. The number of rotatable bonds is 8. The third-order valence-corrected chi connectivity index (χ3v) is 2.49. The normalized spacial score (nSPS) is 15.2. The highest BCUT2D eigenvalue weighted by atomic mass is 19.4. The molecule has 108 valence electrons. The highest BCUT2D eigenvalue weighted by Crippen LogP contribution is 2.12. The molecule has 4 nitrogen and oxygen atoms in total. The first kappa shape index (κ1) is 17.2. The molecule has 0 aliphatic heterocycles. The number of halogens is 3. The van der Waals surface area contributed by atoms with Crippen molar-refractivity contribution in [3.05, 3.63) is 0 Å². The molecular weight excluding hydrogens is 249 g/mol. The van der Waals surface area contributed by atoms with Crippen LogP contribution in [0.3, 0.4) is 0 Å². The third-order valence-electron chi connectivity index (χ3n) is 2.49. The van der Waals surface area contributed by atoms with Crippen LogP contribution >= 0.6 is 0 Å². The van der Waals surface area contributed by atoms with Crippen LogP contribution < -0.4 is 10.6 Å². The van der Waals surface area contributed by atoms with Crippen LogP contribution in [0.5, 0.6) is 0 Å². The van der Waals surface area contributed by atoms with E-state index in [1.807, 2.05) is 12.2 Å².